The predicted molar refractivity (Wildman–Crippen MR) is 78.9 cm³/mol. The Morgan fingerprint density at radius 2 is 2.00 bits per heavy atom. The fourth-order valence-electron chi connectivity index (χ4n) is 2.52. The second kappa shape index (κ2) is 6.04. The van der Waals surface area contributed by atoms with Crippen molar-refractivity contribution in [2.24, 2.45) is 0 Å². The van der Waals surface area contributed by atoms with Gasteiger partial charge < -0.3 is 5.11 Å². The third-order valence-electron chi connectivity index (χ3n) is 3.64. The number of halogens is 2. The summed E-state index contributed by atoms with van der Waals surface area (Å²) >= 11 is 1.12. The largest absolute Gasteiger partial charge is 0.465 e. The number of carbonyl (C=O) groups excluding carboxylic acids is 1. The number of rotatable bonds is 3. The lowest BCUT2D eigenvalue weighted by molar-refractivity contribution is 0.103. The number of benzene rings is 1. The highest BCUT2D eigenvalue weighted by Gasteiger charge is 2.38. The van der Waals surface area contributed by atoms with Crippen LogP contribution in [-0.2, 0) is 0 Å². The Kier molecular flexibility index (Phi) is 4.08. The minimum Gasteiger partial charge on any atom is -0.465 e. The number of aromatic nitrogens is 1. The molecule has 0 saturated carbocycles. The number of nitrogens with zero attached hydrogens (tertiary/aromatic N) is 2. The second-order valence-electron chi connectivity index (χ2n) is 5.19. The smallest absolute Gasteiger partial charge is 0.407 e. The first-order valence-corrected chi connectivity index (χ1v) is 7.73. The van der Waals surface area contributed by atoms with Crippen LogP contribution in [0.15, 0.2) is 29.6 Å². The molecule has 0 unspecified atom stereocenters. The highest BCUT2D eigenvalue weighted by atomic mass is 32.1. The number of thiazole rings is 1. The molecule has 2 atom stereocenters. The SMILES string of the molecule is O=C(c1ccc(F)cc1)c1csc([C@@H]2C[C@@H](F)CN2C(=O)O)n1. The molecule has 0 bridgehead atoms. The zero-order valence-corrected chi connectivity index (χ0v) is 12.6. The summed E-state index contributed by atoms with van der Waals surface area (Å²) in [6, 6.07) is 4.39. The third kappa shape index (κ3) is 3.07. The average molecular weight is 338 g/mol. The van der Waals surface area contributed by atoms with Gasteiger partial charge in [0.05, 0.1) is 12.6 Å². The van der Waals surface area contributed by atoms with Crippen LogP contribution in [0, 0.1) is 5.82 Å². The lowest BCUT2D eigenvalue weighted by Crippen LogP contribution is -2.29. The summed E-state index contributed by atoms with van der Waals surface area (Å²) in [5.74, 6) is -0.832. The second-order valence-corrected chi connectivity index (χ2v) is 6.08. The molecule has 5 nitrogen and oxygen atoms in total. The van der Waals surface area contributed by atoms with Gasteiger partial charge in [0.25, 0.3) is 0 Å². The van der Waals surface area contributed by atoms with Gasteiger partial charge in [0.2, 0.25) is 5.78 Å². The molecule has 1 amide bonds. The van der Waals surface area contributed by atoms with Crippen LogP contribution < -0.4 is 0 Å². The van der Waals surface area contributed by atoms with E-state index in [4.69, 9.17) is 5.11 Å². The zero-order valence-electron chi connectivity index (χ0n) is 11.8. The first-order chi connectivity index (χ1) is 11.0. The summed E-state index contributed by atoms with van der Waals surface area (Å²) in [5, 5.41) is 11.0. The fourth-order valence-corrected chi connectivity index (χ4v) is 3.45. The van der Waals surface area contributed by atoms with Gasteiger partial charge in [-0.1, -0.05) is 0 Å². The van der Waals surface area contributed by atoms with Crippen LogP contribution in [0.4, 0.5) is 13.6 Å². The van der Waals surface area contributed by atoms with Crippen molar-refractivity contribution in [3.63, 3.8) is 0 Å². The third-order valence-corrected chi connectivity index (χ3v) is 4.59. The van der Waals surface area contributed by atoms with Crippen molar-refractivity contribution >= 4 is 23.2 Å². The van der Waals surface area contributed by atoms with Gasteiger partial charge in [-0.25, -0.2) is 18.6 Å². The van der Waals surface area contributed by atoms with E-state index in [2.05, 4.69) is 4.98 Å². The van der Waals surface area contributed by atoms with Crippen LogP contribution in [0.3, 0.4) is 0 Å². The quantitative estimate of drug-likeness (QED) is 0.872. The zero-order chi connectivity index (χ0) is 16.6. The van der Waals surface area contributed by atoms with Crippen molar-refractivity contribution in [2.45, 2.75) is 18.6 Å². The summed E-state index contributed by atoms with van der Waals surface area (Å²) in [7, 11) is 0. The van der Waals surface area contributed by atoms with Crippen LogP contribution in [0.25, 0.3) is 0 Å². The maximum absolute atomic E-state index is 13.5. The Morgan fingerprint density at radius 3 is 2.65 bits per heavy atom. The van der Waals surface area contributed by atoms with E-state index in [0.29, 0.717) is 5.01 Å². The standard InChI is InChI=1S/C15H12F2N2O3S/c16-9-3-1-8(2-4-9)13(20)11-7-23-14(18-11)12-5-10(17)6-19(12)15(21)22/h1-4,7,10,12H,5-6H2,(H,21,22)/t10-,12+/m1/s1. The van der Waals surface area contributed by atoms with Crippen molar-refractivity contribution in [1.82, 2.24) is 9.88 Å². The van der Waals surface area contributed by atoms with E-state index in [0.717, 1.165) is 16.2 Å². The van der Waals surface area contributed by atoms with Gasteiger partial charge in [0, 0.05) is 17.4 Å². The van der Waals surface area contributed by atoms with Gasteiger partial charge in [-0.05, 0) is 24.3 Å². The van der Waals surface area contributed by atoms with Crippen molar-refractivity contribution in [3.8, 4) is 0 Å². The maximum atomic E-state index is 13.5. The number of alkyl halides is 1. The molecule has 0 aliphatic carbocycles. The van der Waals surface area contributed by atoms with Gasteiger partial charge in [-0.15, -0.1) is 11.3 Å². The Balaban J connectivity index is 1.84. The van der Waals surface area contributed by atoms with Gasteiger partial charge in [0.15, 0.2) is 0 Å². The molecular formula is C15H12F2N2O3S. The molecule has 23 heavy (non-hydrogen) atoms. The molecule has 8 heteroatoms. The molecule has 3 rings (SSSR count). The minimum atomic E-state index is -1.24. The molecular weight excluding hydrogens is 326 g/mol. The van der Waals surface area contributed by atoms with Crippen LogP contribution in [-0.4, -0.2) is 39.6 Å². The predicted octanol–water partition coefficient (Wildman–Crippen LogP) is 3.28. The van der Waals surface area contributed by atoms with Crippen LogP contribution in [0.1, 0.15) is 33.5 Å². The molecule has 2 aromatic rings. The molecule has 1 aliphatic heterocycles. The van der Waals surface area contributed by atoms with E-state index in [1.165, 1.54) is 29.6 Å². The fraction of sp³-hybridized carbons (Fsp3) is 0.267. The Morgan fingerprint density at radius 1 is 1.30 bits per heavy atom. The number of carboxylic acid groups (broad SMARTS) is 1. The Bertz CT molecular complexity index is 747. The summed E-state index contributed by atoms with van der Waals surface area (Å²) in [5.41, 5.74) is 0.428. The van der Waals surface area contributed by atoms with Crippen molar-refractivity contribution in [1.29, 1.82) is 0 Å². The van der Waals surface area contributed by atoms with E-state index >= 15 is 0 Å². The van der Waals surface area contributed by atoms with Gasteiger partial charge >= 0.3 is 6.09 Å². The maximum Gasteiger partial charge on any atom is 0.407 e. The number of ketones is 1. The summed E-state index contributed by atoms with van der Waals surface area (Å²) in [4.78, 5) is 28.6. The molecule has 1 aromatic carbocycles. The molecule has 2 heterocycles. The van der Waals surface area contributed by atoms with E-state index in [1.54, 1.807) is 0 Å². The van der Waals surface area contributed by atoms with Gasteiger partial charge in [-0.2, -0.15) is 0 Å². The molecule has 1 saturated heterocycles. The van der Waals surface area contributed by atoms with Gasteiger partial charge in [-0.3, -0.25) is 9.69 Å². The molecule has 1 aromatic heterocycles. The highest BCUT2D eigenvalue weighted by Crippen LogP contribution is 2.35. The molecule has 1 aliphatic rings. The number of likely N-dealkylation sites (tertiary alicyclic amines) is 1. The monoisotopic (exact) mass is 338 g/mol. The summed E-state index contributed by atoms with van der Waals surface area (Å²) < 4.78 is 26.4. The summed E-state index contributed by atoms with van der Waals surface area (Å²) in [6.07, 6.45) is -2.42. The lowest BCUT2D eigenvalue weighted by Gasteiger charge is -2.18. The van der Waals surface area contributed by atoms with Crippen molar-refractivity contribution in [2.75, 3.05) is 6.54 Å². The van der Waals surface area contributed by atoms with Crippen LogP contribution >= 0.6 is 11.3 Å². The number of carbonyl (C=O) groups is 2. The first kappa shape index (κ1) is 15.5. The van der Waals surface area contributed by atoms with E-state index in [-0.39, 0.29) is 30.0 Å². The average Bonchev–Trinajstić information content (AvgIpc) is 3.13. The van der Waals surface area contributed by atoms with Crippen LogP contribution in [0.2, 0.25) is 0 Å². The van der Waals surface area contributed by atoms with Gasteiger partial charge in [0.1, 0.15) is 22.7 Å². The van der Waals surface area contributed by atoms with Crippen molar-refractivity contribution in [3.05, 3.63) is 51.7 Å². The van der Waals surface area contributed by atoms with Crippen molar-refractivity contribution < 1.29 is 23.5 Å². The minimum absolute atomic E-state index is 0.0317. The van der Waals surface area contributed by atoms with Crippen LogP contribution in [0.5, 0.6) is 0 Å². The topological polar surface area (TPSA) is 70.5 Å². The molecule has 0 radical (unpaired) electrons. The molecule has 0 spiro atoms. The van der Waals surface area contributed by atoms with E-state index in [9.17, 15) is 18.4 Å². The Labute approximate surface area is 134 Å². The summed E-state index contributed by atoms with van der Waals surface area (Å²) in [6.45, 7) is -0.194. The molecule has 1 N–H and O–H groups in total. The molecule has 1 fully saturated rings. The first-order valence-electron chi connectivity index (χ1n) is 6.85. The number of hydrogen-bond donors (Lipinski definition) is 1. The number of hydrogen-bond acceptors (Lipinski definition) is 4. The number of amides is 1. The Hall–Kier alpha value is -2.35. The highest BCUT2D eigenvalue weighted by molar-refractivity contribution is 7.10. The lowest BCUT2D eigenvalue weighted by atomic mass is 10.1. The normalized spacial score (nSPS) is 20.7. The van der Waals surface area contributed by atoms with E-state index in [1.807, 2.05) is 0 Å². The molecule has 120 valence electrons. The van der Waals surface area contributed by atoms with E-state index < -0.39 is 24.1 Å².